The molecule has 0 saturated carbocycles. The average molecular weight is 403 g/mol. The van der Waals surface area contributed by atoms with Crippen LogP contribution in [0.15, 0.2) is 53.0 Å². The molecule has 1 heterocycles. The van der Waals surface area contributed by atoms with Crippen molar-refractivity contribution in [2.24, 2.45) is 0 Å². The van der Waals surface area contributed by atoms with Gasteiger partial charge >= 0.3 is 0 Å². The van der Waals surface area contributed by atoms with Crippen molar-refractivity contribution in [2.75, 3.05) is 32.8 Å². The Kier molecular flexibility index (Phi) is 6.10. The van der Waals surface area contributed by atoms with Crippen LogP contribution in [0.3, 0.4) is 0 Å². The molecule has 2 aromatic carbocycles. The zero-order chi connectivity index (χ0) is 17.6. The number of carbonyl (C=O) groups is 1. The minimum absolute atomic E-state index is 0.0591. The van der Waals surface area contributed by atoms with Gasteiger partial charge in [0.15, 0.2) is 6.61 Å². The van der Waals surface area contributed by atoms with Gasteiger partial charge in [-0.25, -0.2) is 0 Å². The van der Waals surface area contributed by atoms with Gasteiger partial charge in [0.1, 0.15) is 5.75 Å². The summed E-state index contributed by atoms with van der Waals surface area (Å²) in [4.78, 5) is 16.7. The Balaban J connectivity index is 1.46. The molecule has 0 radical (unpaired) electrons. The number of rotatable bonds is 5. The lowest BCUT2D eigenvalue weighted by molar-refractivity contribution is -0.135. The van der Waals surface area contributed by atoms with E-state index in [0.717, 1.165) is 48.5 Å². The number of amides is 1. The highest BCUT2D eigenvalue weighted by molar-refractivity contribution is 9.10. The van der Waals surface area contributed by atoms with E-state index in [1.807, 2.05) is 42.2 Å². The van der Waals surface area contributed by atoms with Gasteiger partial charge in [-0.15, -0.1) is 0 Å². The second kappa shape index (κ2) is 8.50. The SMILES string of the molecule is Cc1ccccc1OCC(=O)N1CCN(Cc2ccccc2Br)CC1. The van der Waals surface area contributed by atoms with Crippen molar-refractivity contribution >= 4 is 21.8 Å². The van der Waals surface area contributed by atoms with Crippen molar-refractivity contribution in [3.63, 3.8) is 0 Å². The number of hydrogen-bond acceptors (Lipinski definition) is 3. The highest BCUT2D eigenvalue weighted by Crippen LogP contribution is 2.19. The first-order valence-electron chi connectivity index (χ1n) is 8.55. The lowest BCUT2D eigenvalue weighted by Gasteiger charge is -2.34. The first-order chi connectivity index (χ1) is 12.1. The van der Waals surface area contributed by atoms with E-state index < -0.39 is 0 Å². The van der Waals surface area contributed by atoms with E-state index in [-0.39, 0.29) is 12.5 Å². The number of piperazine rings is 1. The fraction of sp³-hybridized carbons (Fsp3) is 0.350. The highest BCUT2D eigenvalue weighted by Gasteiger charge is 2.21. The van der Waals surface area contributed by atoms with E-state index in [4.69, 9.17) is 4.74 Å². The molecule has 4 nitrogen and oxygen atoms in total. The summed E-state index contributed by atoms with van der Waals surface area (Å²) in [6, 6.07) is 16.1. The maximum absolute atomic E-state index is 12.4. The second-order valence-corrected chi connectivity index (χ2v) is 7.16. The third-order valence-electron chi connectivity index (χ3n) is 4.52. The Labute approximate surface area is 157 Å². The topological polar surface area (TPSA) is 32.8 Å². The lowest BCUT2D eigenvalue weighted by Crippen LogP contribution is -2.49. The Morgan fingerprint density at radius 2 is 1.72 bits per heavy atom. The number of para-hydroxylation sites is 1. The molecule has 0 N–H and O–H groups in total. The minimum atomic E-state index is 0.0591. The Bertz CT molecular complexity index is 727. The fourth-order valence-electron chi connectivity index (χ4n) is 2.97. The van der Waals surface area contributed by atoms with Crippen LogP contribution in [0.1, 0.15) is 11.1 Å². The summed E-state index contributed by atoms with van der Waals surface area (Å²) in [6.07, 6.45) is 0. The van der Waals surface area contributed by atoms with Crippen LogP contribution in [0, 0.1) is 6.92 Å². The van der Waals surface area contributed by atoms with Gasteiger partial charge in [0.05, 0.1) is 0 Å². The van der Waals surface area contributed by atoms with Crippen molar-refractivity contribution < 1.29 is 9.53 Å². The molecule has 1 saturated heterocycles. The molecule has 0 aromatic heterocycles. The van der Waals surface area contributed by atoms with Crippen molar-refractivity contribution in [1.29, 1.82) is 0 Å². The predicted octanol–water partition coefficient (Wildman–Crippen LogP) is 3.48. The summed E-state index contributed by atoms with van der Waals surface area (Å²) in [6.45, 7) is 6.27. The maximum atomic E-state index is 12.4. The van der Waals surface area contributed by atoms with E-state index in [1.165, 1.54) is 5.56 Å². The third-order valence-corrected chi connectivity index (χ3v) is 5.30. The normalized spacial score (nSPS) is 15.2. The summed E-state index contributed by atoms with van der Waals surface area (Å²) in [5.74, 6) is 0.840. The number of halogens is 1. The average Bonchev–Trinajstić information content (AvgIpc) is 2.63. The van der Waals surface area contributed by atoms with Crippen molar-refractivity contribution in [2.45, 2.75) is 13.5 Å². The predicted molar refractivity (Wildman–Crippen MR) is 103 cm³/mol. The molecule has 0 bridgehead atoms. The van der Waals surface area contributed by atoms with Gasteiger partial charge in [-0.2, -0.15) is 0 Å². The highest BCUT2D eigenvalue weighted by atomic mass is 79.9. The third kappa shape index (κ3) is 4.83. The number of carbonyl (C=O) groups excluding carboxylic acids is 1. The van der Waals surface area contributed by atoms with E-state index >= 15 is 0 Å². The standard InChI is InChI=1S/C20H23BrN2O2/c1-16-6-2-5-9-19(16)25-15-20(24)23-12-10-22(11-13-23)14-17-7-3-4-8-18(17)21/h2-9H,10-15H2,1H3. The Morgan fingerprint density at radius 3 is 2.44 bits per heavy atom. The molecule has 1 fully saturated rings. The van der Waals surface area contributed by atoms with Gasteiger partial charge < -0.3 is 9.64 Å². The summed E-state index contributed by atoms with van der Waals surface area (Å²) < 4.78 is 6.82. The zero-order valence-electron chi connectivity index (χ0n) is 14.5. The van der Waals surface area contributed by atoms with Gasteiger partial charge in [-0.1, -0.05) is 52.3 Å². The van der Waals surface area contributed by atoms with Crippen LogP contribution >= 0.6 is 15.9 Å². The first kappa shape index (κ1) is 18.0. The molecule has 0 aliphatic carbocycles. The number of benzene rings is 2. The summed E-state index contributed by atoms with van der Waals surface area (Å²) in [5, 5.41) is 0. The lowest BCUT2D eigenvalue weighted by atomic mass is 10.2. The van der Waals surface area contributed by atoms with Gasteiger partial charge in [-0.05, 0) is 30.2 Å². The van der Waals surface area contributed by atoms with Crippen LogP contribution < -0.4 is 4.74 Å². The monoisotopic (exact) mass is 402 g/mol. The van der Waals surface area contributed by atoms with Gasteiger partial charge in [0, 0.05) is 37.2 Å². The van der Waals surface area contributed by atoms with E-state index in [1.54, 1.807) is 0 Å². The molecule has 5 heteroatoms. The van der Waals surface area contributed by atoms with Gasteiger partial charge in [-0.3, -0.25) is 9.69 Å². The molecule has 0 unspecified atom stereocenters. The molecule has 1 aliphatic rings. The van der Waals surface area contributed by atoms with Crippen molar-refractivity contribution in [3.05, 3.63) is 64.1 Å². The smallest absolute Gasteiger partial charge is 0.260 e. The van der Waals surface area contributed by atoms with Crippen molar-refractivity contribution in [3.8, 4) is 5.75 Å². The van der Waals surface area contributed by atoms with Gasteiger partial charge in [0.2, 0.25) is 0 Å². The minimum Gasteiger partial charge on any atom is -0.484 e. The molecule has 1 amide bonds. The second-order valence-electron chi connectivity index (χ2n) is 6.30. The molecule has 0 spiro atoms. The summed E-state index contributed by atoms with van der Waals surface area (Å²) >= 11 is 3.60. The first-order valence-corrected chi connectivity index (χ1v) is 9.35. The van der Waals surface area contributed by atoms with Crippen LogP contribution in [0.2, 0.25) is 0 Å². The van der Waals surface area contributed by atoms with Crippen LogP contribution in [-0.4, -0.2) is 48.5 Å². The Morgan fingerprint density at radius 1 is 1.04 bits per heavy atom. The molecule has 132 valence electrons. The van der Waals surface area contributed by atoms with Crippen LogP contribution in [0.5, 0.6) is 5.75 Å². The molecular formula is C20H23BrN2O2. The molecule has 3 rings (SSSR count). The van der Waals surface area contributed by atoms with Gasteiger partial charge in [0.25, 0.3) is 5.91 Å². The largest absolute Gasteiger partial charge is 0.484 e. The number of nitrogens with zero attached hydrogens (tertiary/aromatic N) is 2. The molecule has 0 atom stereocenters. The summed E-state index contributed by atoms with van der Waals surface area (Å²) in [7, 11) is 0. The number of aryl methyl sites for hydroxylation is 1. The number of hydrogen-bond donors (Lipinski definition) is 0. The Hall–Kier alpha value is -1.85. The van der Waals surface area contributed by atoms with Crippen LogP contribution in [0.25, 0.3) is 0 Å². The van der Waals surface area contributed by atoms with E-state index in [0.29, 0.717) is 0 Å². The molecule has 25 heavy (non-hydrogen) atoms. The summed E-state index contributed by atoms with van der Waals surface area (Å²) in [5.41, 5.74) is 2.33. The van der Waals surface area contributed by atoms with E-state index in [2.05, 4.69) is 39.0 Å². The molecule has 2 aromatic rings. The van der Waals surface area contributed by atoms with Crippen molar-refractivity contribution in [1.82, 2.24) is 9.80 Å². The number of ether oxygens (including phenoxy) is 1. The van der Waals surface area contributed by atoms with E-state index in [9.17, 15) is 4.79 Å². The fourth-order valence-corrected chi connectivity index (χ4v) is 3.38. The zero-order valence-corrected chi connectivity index (χ0v) is 16.0. The molecule has 1 aliphatic heterocycles. The maximum Gasteiger partial charge on any atom is 0.260 e. The van der Waals surface area contributed by atoms with Crippen LogP contribution in [-0.2, 0) is 11.3 Å². The van der Waals surface area contributed by atoms with Crippen LogP contribution in [0.4, 0.5) is 0 Å². The quantitative estimate of drug-likeness (QED) is 0.767. The molecular weight excluding hydrogens is 380 g/mol.